The van der Waals surface area contributed by atoms with Crippen LogP contribution < -0.4 is 0 Å². The van der Waals surface area contributed by atoms with Gasteiger partial charge in [0.2, 0.25) is 0 Å². The Morgan fingerprint density at radius 1 is 1.67 bits per heavy atom. The first kappa shape index (κ1) is 9.59. The summed E-state index contributed by atoms with van der Waals surface area (Å²) in [6.07, 6.45) is 1.58. The molecule has 1 nitrogen and oxygen atoms in total. The Morgan fingerprint density at radius 2 is 2.22 bits per heavy atom. The van der Waals surface area contributed by atoms with Gasteiger partial charge in [-0.05, 0) is 0 Å². The number of thiol groups is 2. The van der Waals surface area contributed by atoms with E-state index >= 15 is 0 Å². The second kappa shape index (κ2) is 5.38. The summed E-state index contributed by atoms with van der Waals surface area (Å²) in [5.41, 5.74) is 0. The van der Waals surface area contributed by atoms with Gasteiger partial charge in [-0.15, -0.1) is 0 Å². The summed E-state index contributed by atoms with van der Waals surface area (Å²) in [6.45, 7) is 1.99. The second-order valence-corrected chi connectivity index (χ2v) is 3.48. The number of rotatable bonds is 3. The number of hydrogen-bond acceptors (Lipinski definition) is 3. The predicted molar refractivity (Wildman–Crippen MR) is 49.0 cm³/mol. The van der Waals surface area contributed by atoms with E-state index in [-0.39, 0.29) is 4.58 Å². The van der Waals surface area contributed by atoms with E-state index in [9.17, 15) is 0 Å². The van der Waals surface area contributed by atoms with Crippen molar-refractivity contribution >= 4 is 44.0 Å². The van der Waals surface area contributed by atoms with Gasteiger partial charge in [0, 0.05) is 0 Å². The van der Waals surface area contributed by atoms with Crippen molar-refractivity contribution < 1.29 is 3.87 Å². The van der Waals surface area contributed by atoms with Crippen molar-refractivity contribution in [1.82, 2.24) is 0 Å². The van der Waals surface area contributed by atoms with Crippen LogP contribution in [0.2, 0.25) is 0 Å². The van der Waals surface area contributed by atoms with Crippen molar-refractivity contribution in [1.29, 1.82) is 0 Å². The van der Waals surface area contributed by atoms with Crippen molar-refractivity contribution in [2.45, 2.75) is 24.3 Å². The molecule has 54 valence electrons. The molecule has 0 aliphatic carbocycles. The van der Waals surface area contributed by atoms with E-state index in [0.717, 1.165) is 18.6 Å². The highest BCUT2D eigenvalue weighted by molar-refractivity contribution is 7.99. The normalized spacial score (nSPS) is 12.7. The van der Waals surface area contributed by atoms with E-state index in [2.05, 4.69) is 42.0 Å². The molecular formula is C5H10OS3. The Balaban J connectivity index is 3.58. The minimum Gasteiger partial charge on any atom is -0.357 e. The molecule has 0 N–H and O–H groups in total. The van der Waals surface area contributed by atoms with Crippen LogP contribution in [0.15, 0.2) is 0 Å². The lowest BCUT2D eigenvalue weighted by atomic mass is 10.2. The Kier molecular flexibility index (Phi) is 5.73. The Hall–Kier alpha value is 0.590. The molecule has 0 aromatic carbocycles. The first-order valence-electron chi connectivity index (χ1n) is 2.71. The average Bonchev–Trinajstić information content (AvgIpc) is 1.82. The van der Waals surface area contributed by atoms with Gasteiger partial charge in [-0.1, -0.05) is 6.92 Å². The predicted octanol–water partition coefficient (Wildman–Crippen LogP) is 1.54. The molecule has 0 fully saturated rings. The highest BCUT2D eigenvalue weighted by Crippen LogP contribution is 2.07. The highest BCUT2D eigenvalue weighted by atomic mass is 32.2. The van der Waals surface area contributed by atoms with Crippen LogP contribution >= 0.6 is 25.3 Å². The van der Waals surface area contributed by atoms with Crippen LogP contribution in [-0.2, 0) is 16.8 Å². The molecule has 0 aromatic heterocycles. The zero-order valence-corrected chi connectivity index (χ0v) is 7.81. The molecule has 0 bridgehead atoms. The van der Waals surface area contributed by atoms with Gasteiger partial charge < -0.3 is 3.87 Å². The molecular weight excluding hydrogens is 172 g/mol. The molecule has 0 aliphatic heterocycles. The van der Waals surface area contributed by atoms with Crippen LogP contribution in [0.4, 0.5) is 0 Å². The van der Waals surface area contributed by atoms with Crippen LogP contribution in [0.3, 0.4) is 0 Å². The van der Waals surface area contributed by atoms with E-state index in [1.165, 1.54) is 0 Å². The van der Waals surface area contributed by atoms with E-state index in [1.54, 1.807) is 0 Å². The quantitative estimate of drug-likeness (QED) is 0.292. The molecule has 0 radical (unpaired) electrons. The van der Waals surface area contributed by atoms with Gasteiger partial charge in [0.15, 0.2) is 0 Å². The molecule has 0 saturated heterocycles. The third-order valence-corrected chi connectivity index (χ3v) is 1.52. The number of ketones is 1. The largest absolute Gasteiger partial charge is 0.357 e. The fourth-order valence-electron chi connectivity index (χ4n) is 0.441. The Bertz CT molecular complexity index is 100. The van der Waals surface area contributed by atoms with Gasteiger partial charge in [0.25, 0.3) is 5.78 Å². The molecule has 9 heavy (non-hydrogen) atoms. The van der Waals surface area contributed by atoms with Crippen LogP contribution in [0.5, 0.6) is 0 Å². The molecule has 0 saturated carbocycles. The van der Waals surface area contributed by atoms with Crippen molar-refractivity contribution in [2.75, 3.05) is 0 Å². The standard InChI is InChI=1S/C5H10OS3/c1-2-4(6-9)3-5(7)8/h5,7-8H,2-3H2,1H3. The van der Waals surface area contributed by atoms with Gasteiger partial charge in [0.05, 0.1) is 17.4 Å². The summed E-state index contributed by atoms with van der Waals surface area (Å²) >= 11 is 12.5. The van der Waals surface area contributed by atoms with E-state index < -0.39 is 0 Å². The lowest BCUT2D eigenvalue weighted by Gasteiger charge is -1.96. The maximum Gasteiger partial charge on any atom is 0.278 e. The van der Waals surface area contributed by atoms with Gasteiger partial charge in [0.1, 0.15) is 0 Å². The van der Waals surface area contributed by atoms with Crippen molar-refractivity contribution in [3.05, 3.63) is 0 Å². The monoisotopic (exact) mass is 182 g/mol. The summed E-state index contributed by atoms with van der Waals surface area (Å²) < 4.78 is 4.66. The van der Waals surface area contributed by atoms with Gasteiger partial charge in [-0.2, -0.15) is 25.3 Å². The van der Waals surface area contributed by atoms with Crippen LogP contribution in [-0.4, -0.2) is 10.4 Å². The van der Waals surface area contributed by atoms with Crippen LogP contribution in [0.25, 0.3) is 0 Å². The first-order valence-corrected chi connectivity index (χ1v) is 4.08. The molecule has 0 spiro atoms. The first-order chi connectivity index (χ1) is 4.20. The lowest BCUT2D eigenvalue weighted by Crippen LogP contribution is -2.03. The fraction of sp³-hybridized carbons (Fsp3) is 0.800. The topological polar surface area (TPSA) is 11.3 Å². The van der Waals surface area contributed by atoms with Crippen LogP contribution in [0, 0.1) is 0 Å². The maximum atomic E-state index is 4.61. The van der Waals surface area contributed by atoms with Crippen molar-refractivity contribution in [3.63, 3.8) is 0 Å². The summed E-state index contributed by atoms with van der Waals surface area (Å²) in [6, 6.07) is 0. The molecule has 0 aliphatic rings. The Morgan fingerprint density at radius 3 is 2.33 bits per heavy atom. The third-order valence-electron chi connectivity index (χ3n) is 0.922. The second-order valence-electron chi connectivity index (χ2n) is 1.66. The minimum absolute atomic E-state index is 0.0444. The fourth-order valence-corrected chi connectivity index (χ4v) is 1.03. The minimum atomic E-state index is 0.0444. The summed E-state index contributed by atoms with van der Waals surface area (Å²) in [7, 11) is 0. The summed E-state index contributed by atoms with van der Waals surface area (Å²) in [5.74, 6) is 0.875. The van der Waals surface area contributed by atoms with E-state index in [0.29, 0.717) is 0 Å². The zero-order valence-electron chi connectivity index (χ0n) is 5.20. The highest BCUT2D eigenvalue weighted by Gasteiger charge is 2.08. The lowest BCUT2D eigenvalue weighted by molar-refractivity contribution is -0.245. The molecule has 4 heteroatoms. The molecule has 0 atom stereocenters. The van der Waals surface area contributed by atoms with Crippen LogP contribution in [0.1, 0.15) is 19.8 Å². The SMILES string of the molecule is CCC(CC(S)S)=[O+][S-]. The van der Waals surface area contributed by atoms with Crippen molar-refractivity contribution in [3.8, 4) is 0 Å². The summed E-state index contributed by atoms with van der Waals surface area (Å²) in [4.78, 5) is 0. The average molecular weight is 182 g/mol. The number of carbonyl (C=O) groups excluding carboxylic acids is 1. The van der Waals surface area contributed by atoms with Gasteiger partial charge in [-0.3, -0.25) is 0 Å². The van der Waals surface area contributed by atoms with E-state index in [4.69, 9.17) is 0 Å². The van der Waals surface area contributed by atoms with Crippen molar-refractivity contribution in [2.24, 2.45) is 0 Å². The molecule has 0 aromatic rings. The molecule has 0 rings (SSSR count). The molecule has 0 amide bonds. The Labute approximate surface area is 72.4 Å². The van der Waals surface area contributed by atoms with Gasteiger partial charge >= 0.3 is 0 Å². The zero-order chi connectivity index (χ0) is 7.28. The summed E-state index contributed by atoms with van der Waals surface area (Å²) in [5, 5.41) is 0. The molecule has 0 heterocycles. The van der Waals surface area contributed by atoms with Gasteiger partial charge in [-0.25, -0.2) is 12.9 Å². The third kappa shape index (κ3) is 5.06. The van der Waals surface area contributed by atoms with E-state index in [1.807, 2.05) is 6.92 Å². The smallest absolute Gasteiger partial charge is 0.278 e. The molecule has 0 unspecified atom stereocenters. The number of hydrogen-bond donors (Lipinski definition) is 2. The maximum absolute atomic E-state index is 4.61.